The van der Waals surface area contributed by atoms with E-state index < -0.39 is 11.7 Å². The molecule has 1 aromatic carbocycles. The fourth-order valence-electron chi connectivity index (χ4n) is 4.90. The topological polar surface area (TPSA) is 95.6 Å². The summed E-state index contributed by atoms with van der Waals surface area (Å²) in [5, 5.41) is 8.14. The molecular weight excluding hydrogens is 463 g/mol. The maximum atomic E-state index is 15.4. The van der Waals surface area contributed by atoms with Crippen LogP contribution in [0.2, 0.25) is 0 Å². The van der Waals surface area contributed by atoms with Gasteiger partial charge in [0.25, 0.3) is 5.91 Å². The van der Waals surface area contributed by atoms with E-state index in [1.165, 1.54) is 30.2 Å². The monoisotopic (exact) mass is 494 g/mol. The number of aryl methyl sites for hydroxylation is 2. The number of pyridine rings is 1. The van der Waals surface area contributed by atoms with Gasteiger partial charge < -0.3 is 21.3 Å². The molecule has 0 spiro atoms. The fraction of sp³-hybridized carbons (Fsp3) is 0.423. The first-order chi connectivity index (χ1) is 16.8. The summed E-state index contributed by atoms with van der Waals surface area (Å²) in [6.07, 6.45) is 6.12. The Balaban J connectivity index is 1.41. The highest BCUT2D eigenvalue weighted by atomic mass is 32.1. The Morgan fingerprint density at radius 2 is 1.91 bits per heavy atom. The number of piperidine rings is 1. The number of nitrogen functional groups attached to an aromatic ring is 1. The van der Waals surface area contributed by atoms with Gasteiger partial charge in [-0.05, 0) is 63.1 Å². The van der Waals surface area contributed by atoms with Gasteiger partial charge in [-0.1, -0.05) is 0 Å². The summed E-state index contributed by atoms with van der Waals surface area (Å²) in [6, 6.07) is 6.45. The average Bonchev–Trinajstić information content (AvgIpc) is 3.53. The molecule has 7 nitrogen and oxygen atoms in total. The molecule has 4 N–H and O–H groups in total. The molecule has 2 fully saturated rings. The molecular formula is C26H31FN6OS. The maximum absolute atomic E-state index is 15.4. The van der Waals surface area contributed by atoms with Gasteiger partial charge in [0.1, 0.15) is 5.82 Å². The number of halogens is 1. The Bertz CT molecular complexity index is 1310. The van der Waals surface area contributed by atoms with Gasteiger partial charge in [-0.2, -0.15) is 0 Å². The molecule has 2 aliphatic rings. The van der Waals surface area contributed by atoms with E-state index in [9.17, 15) is 4.79 Å². The number of carbonyl (C=O) groups is 1. The number of hydrogen-bond acceptors (Lipinski definition) is 7. The van der Waals surface area contributed by atoms with E-state index in [0.717, 1.165) is 47.4 Å². The maximum Gasteiger partial charge on any atom is 0.261 e. The smallest absolute Gasteiger partial charge is 0.261 e. The zero-order valence-corrected chi connectivity index (χ0v) is 21.1. The number of aromatic nitrogens is 1. The number of amides is 1. The number of aliphatic imine (C=N–C) groups is 1. The van der Waals surface area contributed by atoms with Crippen LogP contribution in [0.3, 0.4) is 0 Å². The highest BCUT2D eigenvalue weighted by Gasteiger charge is 2.29. The number of hydrogen-bond donors (Lipinski definition) is 3. The molecule has 3 aromatic rings. The predicted octanol–water partition coefficient (Wildman–Crippen LogP) is 4.66. The van der Waals surface area contributed by atoms with Crippen molar-refractivity contribution in [2.45, 2.75) is 51.6 Å². The van der Waals surface area contributed by atoms with Crippen molar-refractivity contribution in [3.8, 4) is 0 Å². The molecule has 0 bridgehead atoms. The Morgan fingerprint density at radius 1 is 1.20 bits per heavy atom. The van der Waals surface area contributed by atoms with E-state index in [-0.39, 0.29) is 11.3 Å². The summed E-state index contributed by atoms with van der Waals surface area (Å²) in [4.78, 5) is 23.9. The highest BCUT2D eigenvalue weighted by molar-refractivity contribution is 7.23. The van der Waals surface area contributed by atoms with Crippen molar-refractivity contribution in [1.29, 1.82) is 0 Å². The lowest BCUT2D eigenvalue weighted by atomic mass is 9.99. The van der Waals surface area contributed by atoms with Crippen LogP contribution in [-0.2, 0) is 0 Å². The van der Waals surface area contributed by atoms with Crippen molar-refractivity contribution in [2.75, 3.05) is 36.1 Å². The number of benzene rings is 1. The standard InChI is InChI=1S/C26H31FN6OS/c1-14-10-16-11-22(35-25(16)15(2)30-14)32-26(34)23-20(27)12-21(19(13-29-3)24(23)28)33-8-6-18(7-9-33)31-17-4-5-17/h10-13,17-18,31H,4-9,28H2,1-3H3,(H,32,34). The van der Waals surface area contributed by atoms with Crippen LogP contribution in [0, 0.1) is 19.7 Å². The third-order valence-corrected chi connectivity index (χ3v) is 7.92. The molecule has 0 atom stereocenters. The van der Waals surface area contributed by atoms with Crippen molar-refractivity contribution >= 4 is 49.9 Å². The molecule has 1 amide bonds. The molecule has 3 heterocycles. The molecule has 1 saturated heterocycles. The Hall–Kier alpha value is -3.04. The van der Waals surface area contributed by atoms with Gasteiger partial charge in [0, 0.05) is 49.7 Å². The summed E-state index contributed by atoms with van der Waals surface area (Å²) >= 11 is 1.42. The molecule has 1 saturated carbocycles. The minimum atomic E-state index is -0.628. The van der Waals surface area contributed by atoms with Crippen LogP contribution in [0.5, 0.6) is 0 Å². The number of thiophene rings is 1. The number of carbonyl (C=O) groups excluding carboxylic acids is 1. The predicted molar refractivity (Wildman–Crippen MR) is 143 cm³/mol. The van der Waals surface area contributed by atoms with Gasteiger partial charge in [0.05, 0.1) is 32.3 Å². The number of nitrogens with two attached hydrogens (primary N) is 1. The molecule has 9 heteroatoms. The van der Waals surface area contributed by atoms with E-state index in [2.05, 4.69) is 25.5 Å². The molecule has 0 unspecified atom stereocenters. The van der Waals surface area contributed by atoms with Gasteiger partial charge >= 0.3 is 0 Å². The molecule has 35 heavy (non-hydrogen) atoms. The van der Waals surface area contributed by atoms with Gasteiger partial charge in [-0.3, -0.25) is 14.8 Å². The Morgan fingerprint density at radius 3 is 2.60 bits per heavy atom. The van der Waals surface area contributed by atoms with E-state index in [1.807, 2.05) is 26.0 Å². The second-order valence-electron chi connectivity index (χ2n) is 9.50. The van der Waals surface area contributed by atoms with Crippen LogP contribution in [0.4, 0.5) is 20.8 Å². The van der Waals surface area contributed by atoms with Gasteiger partial charge in [-0.25, -0.2) is 4.39 Å². The lowest BCUT2D eigenvalue weighted by molar-refractivity contribution is 0.102. The van der Waals surface area contributed by atoms with Crippen LogP contribution in [0.1, 0.15) is 53.0 Å². The zero-order valence-electron chi connectivity index (χ0n) is 20.3. The molecule has 1 aliphatic carbocycles. The quantitative estimate of drug-likeness (QED) is 0.342. The van der Waals surface area contributed by atoms with Crippen molar-refractivity contribution in [2.24, 2.45) is 4.99 Å². The molecule has 1 aliphatic heterocycles. The fourth-order valence-corrected chi connectivity index (χ4v) is 5.88. The summed E-state index contributed by atoms with van der Waals surface area (Å²) in [6.45, 7) is 5.47. The Labute approximate surface area is 208 Å². The number of fused-ring (bicyclic) bond motifs is 1. The zero-order chi connectivity index (χ0) is 24.7. The molecule has 0 radical (unpaired) electrons. The van der Waals surface area contributed by atoms with Crippen LogP contribution in [0.15, 0.2) is 23.2 Å². The minimum absolute atomic E-state index is 0.108. The summed E-state index contributed by atoms with van der Waals surface area (Å²) in [7, 11) is 1.65. The molecule has 5 rings (SSSR count). The second-order valence-corrected chi connectivity index (χ2v) is 10.6. The van der Waals surface area contributed by atoms with Gasteiger partial charge in [-0.15, -0.1) is 11.3 Å². The van der Waals surface area contributed by atoms with Crippen molar-refractivity contribution in [3.05, 3.63) is 46.5 Å². The molecule has 2 aromatic heterocycles. The minimum Gasteiger partial charge on any atom is -0.397 e. The highest BCUT2D eigenvalue weighted by Crippen LogP contribution is 2.35. The first-order valence-corrected chi connectivity index (χ1v) is 12.9. The number of rotatable bonds is 6. The van der Waals surface area contributed by atoms with E-state index in [1.54, 1.807) is 13.3 Å². The van der Waals surface area contributed by atoms with Gasteiger partial charge in [0.2, 0.25) is 0 Å². The van der Waals surface area contributed by atoms with E-state index in [4.69, 9.17) is 5.73 Å². The first-order valence-electron chi connectivity index (χ1n) is 12.1. The SMILES string of the molecule is CN=Cc1c(N2CCC(NC3CC3)CC2)cc(F)c(C(=O)Nc2cc3cc(C)nc(C)c3s2)c1N. The van der Waals surface area contributed by atoms with E-state index >= 15 is 4.39 Å². The van der Waals surface area contributed by atoms with Crippen LogP contribution >= 0.6 is 11.3 Å². The third kappa shape index (κ3) is 4.88. The number of anilines is 3. The van der Waals surface area contributed by atoms with Crippen molar-refractivity contribution in [1.82, 2.24) is 10.3 Å². The van der Waals surface area contributed by atoms with Crippen molar-refractivity contribution < 1.29 is 9.18 Å². The summed E-state index contributed by atoms with van der Waals surface area (Å²) < 4.78 is 16.4. The summed E-state index contributed by atoms with van der Waals surface area (Å²) in [5.74, 6) is -1.20. The van der Waals surface area contributed by atoms with Crippen LogP contribution in [0.25, 0.3) is 10.1 Å². The lowest BCUT2D eigenvalue weighted by Gasteiger charge is -2.35. The molecule has 184 valence electrons. The third-order valence-electron chi connectivity index (χ3n) is 6.74. The Kier molecular flexibility index (Phi) is 6.46. The normalized spacial score (nSPS) is 17.0. The van der Waals surface area contributed by atoms with Crippen molar-refractivity contribution in [3.63, 3.8) is 0 Å². The van der Waals surface area contributed by atoms with Crippen LogP contribution < -0.4 is 21.3 Å². The average molecular weight is 495 g/mol. The lowest BCUT2D eigenvalue weighted by Crippen LogP contribution is -2.43. The summed E-state index contributed by atoms with van der Waals surface area (Å²) in [5.41, 5.74) is 9.45. The van der Waals surface area contributed by atoms with Crippen LogP contribution in [-0.4, -0.2) is 49.3 Å². The second kappa shape index (κ2) is 9.54. The number of nitrogens with one attached hydrogen (secondary N) is 2. The largest absolute Gasteiger partial charge is 0.397 e. The number of nitrogens with zero attached hydrogens (tertiary/aromatic N) is 3. The first kappa shape index (κ1) is 23.7. The van der Waals surface area contributed by atoms with E-state index in [0.29, 0.717) is 28.3 Å². The van der Waals surface area contributed by atoms with Gasteiger partial charge in [0.15, 0.2) is 0 Å².